The lowest BCUT2D eigenvalue weighted by Crippen LogP contribution is -2.21. The van der Waals surface area contributed by atoms with Crippen molar-refractivity contribution in [2.24, 2.45) is 5.10 Å². The van der Waals surface area contributed by atoms with Crippen molar-refractivity contribution in [1.29, 1.82) is 0 Å². The van der Waals surface area contributed by atoms with Crippen molar-refractivity contribution < 1.29 is 14.0 Å². The standard InChI is InChI=1S/C16H14BrFN4O2/c1-10(21-22-16(24)11-3-2-6-19-9-11)7-15(23)20-14-5-4-12(17)8-13(14)18/h2-6,8-9H,7H2,1H3,(H,20,23)(H,22,24)/b21-10-. The highest BCUT2D eigenvalue weighted by molar-refractivity contribution is 9.10. The van der Waals surface area contributed by atoms with Gasteiger partial charge in [0, 0.05) is 22.6 Å². The van der Waals surface area contributed by atoms with Crippen molar-refractivity contribution in [3.8, 4) is 0 Å². The first kappa shape index (κ1) is 17.7. The molecule has 8 heteroatoms. The van der Waals surface area contributed by atoms with Gasteiger partial charge in [0.1, 0.15) is 5.82 Å². The topological polar surface area (TPSA) is 83.5 Å². The molecular formula is C16H14BrFN4O2. The number of amides is 2. The van der Waals surface area contributed by atoms with Crippen LogP contribution in [0.2, 0.25) is 0 Å². The SMILES string of the molecule is C/C(CC(=O)Nc1ccc(Br)cc1F)=N/NC(=O)c1cccnc1. The van der Waals surface area contributed by atoms with Crippen LogP contribution >= 0.6 is 15.9 Å². The minimum atomic E-state index is -0.544. The molecule has 24 heavy (non-hydrogen) atoms. The summed E-state index contributed by atoms with van der Waals surface area (Å²) in [6.45, 7) is 1.58. The van der Waals surface area contributed by atoms with E-state index in [1.807, 2.05) is 0 Å². The molecule has 1 heterocycles. The van der Waals surface area contributed by atoms with Crippen molar-refractivity contribution >= 4 is 39.1 Å². The summed E-state index contributed by atoms with van der Waals surface area (Å²) in [6, 6.07) is 7.55. The summed E-state index contributed by atoms with van der Waals surface area (Å²) in [6.07, 6.45) is 2.88. The lowest BCUT2D eigenvalue weighted by Gasteiger charge is -2.07. The van der Waals surface area contributed by atoms with Crippen molar-refractivity contribution in [3.05, 3.63) is 58.6 Å². The van der Waals surface area contributed by atoms with Gasteiger partial charge >= 0.3 is 0 Å². The van der Waals surface area contributed by atoms with Gasteiger partial charge in [-0.2, -0.15) is 5.10 Å². The molecule has 2 rings (SSSR count). The van der Waals surface area contributed by atoms with Crippen LogP contribution in [0.5, 0.6) is 0 Å². The van der Waals surface area contributed by atoms with E-state index in [4.69, 9.17) is 0 Å². The van der Waals surface area contributed by atoms with Crippen molar-refractivity contribution in [3.63, 3.8) is 0 Å². The van der Waals surface area contributed by atoms with Crippen LogP contribution in [-0.4, -0.2) is 22.5 Å². The molecule has 0 aliphatic rings. The van der Waals surface area contributed by atoms with Gasteiger partial charge in [-0.05, 0) is 37.3 Å². The normalized spacial score (nSPS) is 11.0. The molecule has 0 fully saturated rings. The summed E-state index contributed by atoms with van der Waals surface area (Å²) in [4.78, 5) is 27.5. The molecule has 1 aromatic carbocycles. The number of hydrogen-bond donors (Lipinski definition) is 2. The molecule has 0 saturated carbocycles. The fourth-order valence-electron chi connectivity index (χ4n) is 1.76. The first-order valence-electron chi connectivity index (χ1n) is 6.94. The maximum Gasteiger partial charge on any atom is 0.272 e. The van der Waals surface area contributed by atoms with E-state index < -0.39 is 17.6 Å². The molecule has 0 aliphatic heterocycles. The third kappa shape index (κ3) is 5.24. The van der Waals surface area contributed by atoms with Gasteiger partial charge in [-0.1, -0.05) is 15.9 Å². The average Bonchev–Trinajstić information content (AvgIpc) is 2.56. The van der Waals surface area contributed by atoms with Gasteiger partial charge in [0.15, 0.2) is 0 Å². The molecule has 1 aromatic heterocycles. The van der Waals surface area contributed by atoms with Gasteiger partial charge < -0.3 is 5.32 Å². The number of rotatable bonds is 5. The van der Waals surface area contributed by atoms with Gasteiger partial charge in [-0.3, -0.25) is 14.6 Å². The van der Waals surface area contributed by atoms with Gasteiger partial charge in [-0.15, -0.1) is 0 Å². The van der Waals surface area contributed by atoms with Crippen LogP contribution < -0.4 is 10.7 Å². The Bertz CT molecular complexity index is 781. The Morgan fingerprint density at radius 3 is 2.79 bits per heavy atom. The van der Waals surface area contributed by atoms with E-state index in [1.165, 1.54) is 18.3 Å². The van der Waals surface area contributed by atoms with Gasteiger partial charge in [0.2, 0.25) is 5.91 Å². The van der Waals surface area contributed by atoms with Crippen LogP contribution in [0.3, 0.4) is 0 Å². The van der Waals surface area contributed by atoms with Crippen molar-refractivity contribution in [2.75, 3.05) is 5.32 Å². The number of anilines is 1. The molecular weight excluding hydrogens is 379 g/mol. The van der Waals surface area contributed by atoms with E-state index in [0.717, 1.165) is 0 Å². The summed E-state index contributed by atoms with van der Waals surface area (Å²) in [5, 5.41) is 6.30. The number of benzene rings is 1. The zero-order valence-electron chi connectivity index (χ0n) is 12.7. The zero-order chi connectivity index (χ0) is 17.5. The van der Waals surface area contributed by atoms with E-state index in [9.17, 15) is 14.0 Å². The quantitative estimate of drug-likeness (QED) is 0.605. The molecule has 0 aliphatic carbocycles. The van der Waals surface area contributed by atoms with E-state index >= 15 is 0 Å². The molecule has 0 saturated heterocycles. The van der Waals surface area contributed by atoms with E-state index in [-0.39, 0.29) is 12.1 Å². The largest absolute Gasteiger partial charge is 0.323 e. The molecule has 2 N–H and O–H groups in total. The highest BCUT2D eigenvalue weighted by Crippen LogP contribution is 2.19. The minimum Gasteiger partial charge on any atom is -0.323 e. The van der Waals surface area contributed by atoms with Gasteiger partial charge in [-0.25, -0.2) is 9.82 Å². The van der Waals surface area contributed by atoms with Crippen LogP contribution in [0.1, 0.15) is 23.7 Å². The Morgan fingerprint density at radius 2 is 2.12 bits per heavy atom. The van der Waals surface area contributed by atoms with Crippen LogP contribution in [0.25, 0.3) is 0 Å². The molecule has 0 spiro atoms. The molecule has 2 amide bonds. The fourth-order valence-corrected chi connectivity index (χ4v) is 2.10. The molecule has 0 bridgehead atoms. The third-order valence-electron chi connectivity index (χ3n) is 2.89. The van der Waals surface area contributed by atoms with Gasteiger partial charge in [0.25, 0.3) is 5.91 Å². The lowest BCUT2D eigenvalue weighted by molar-refractivity contribution is -0.115. The fraction of sp³-hybridized carbons (Fsp3) is 0.125. The Kier molecular flexibility index (Phi) is 6.14. The molecule has 2 aromatic rings. The average molecular weight is 393 g/mol. The second-order valence-corrected chi connectivity index (χ2v) is 5.79. The van der Waals surface area contributed by atoms with Crippen molar-refractivity contribution in [1.82, 2.24) is 10.4 Å². The van der Waals surface area contributed by atoms with Crippen LogP contribution in [-0.2, 0) is 4.79 Å². The number of carbonyl (C=O) groups excluding carboxylic acids is 2. The first-order chi connectivity index (χ1) is 11.5. The first-order valence-corrected chi connectivity index (χ1v) is 7.73. The summed E-state index contributed by atoms with van der Waals surface area (Å²) in [5.41, 5.74) is 3.15. The monoisotopic (exact) mass is 392 g/mol. The number of nitrogens with one attached hydrogen (secondary N) is 2. The summed E-state index contributed by atoms with van der Waals surface area (Å²) >= 11 is 3.14. The number of nitrogens with zero attached hydrogens (tertiary/aromatic N) is 2. The second kappa shape index (κ2) is 8.30. The minimum absolute atomic E-state index is 0.0791. The summed E-state index contributed by atoms with van der Waals surface area (Å²) < 4.78 is 14.2. The second-order valence-electron chi connectivity index (χ2n) is 4.88. The number of hydrazone groups is 1. The number of hydrogen-bond acceptors (Lipinski definition) is 4. The molecule has 0 atom stereocenters. The number of halogens is 2. The van der Waals surface area contributed by atoms with E-state index in [1.54, 1.807) is 31.3 Å². The molecule has 0 unspecified atom stereocenters. The van der Waals surface area contributed by atoms with Crippen LogP contribution in [0.15, 0.2) is 52.3 Å². The number of pyridine rings is 1. The highest BCUT2D eigenvalue weighted by Gasteiger charge is 2.09. The zero-order valence-corrected chi connectivity index (χ0v) is 14.3. The van der Waals surface area contributed by atoms with Gasteiger partial charge in [0.05, 0.1) is 17.7 Å². The predicted molar refractivity (Wildman–Crippen MR) is 92.2 cm³/mol. The Morgan fingerprint density at radius 1 is 1.33 bits per heavy atom. The third-order valence-corrected chi connectivity index (χ3v) is 3.39. The summed E-state index contributed by atoms with van der Waals surface area (Å²) in [7, 11) is 0. The number of aromatic nitrogens is 1. The van der Waals surface area contributed by atoms with Crippen LogP contribution in [0, 0.1) is 5.82 Å². The maximum absolute atomic E-state index is 13.7. The lowest BCUT2D eigenvalue weighted by atomic mass is 10.2. The van der Waals surface area contributed by atoms with Crippen LogP contribution in [0.4, 0.5) is 10.1 Å². The number of carbonyl (C=O) groups is 2. The summed E-state index contributed by atoms with van der Waals surface area (Å²) in [5.74, 6) is -1.41. The predicted octanol–water partition coefficient (Wildman–Crippen LogP) is 3.12. The highest BCUT2D eigenvalue weighted by atomic mass is 79.9. The van der Waals surface area contributed by atoms with Crippen molar-refractivity contribution in [2.45, 2.75) is 13.3 Å². The van der Waals surface area contributed by atoms with E-state index in [0.29, 0.717) is 15.7 Å². The Hall–Kier alpha value is -2.61. The molecule has 124 valence electrons. The smallest absolute Gasteiger partial charge is 0.272 e. The Balaban J connectivity index is 1.90. The molecule has 0 radical (unpaired) electrons. The Labute approximate surface area is 146 Å². The van der Waals surface area contributed by atoms with E-state index in [2.05, 4.69) is 36.8 Å². The molecule has 6 nitrogen and oxygen atoms in total. The maximum atomic E-state index is 13.7.